The molecule has 0 aliphatic heterocycles. The van der Waals surface area contributed by atoms with Gasteiger partial charge < -0.3 is 9.64 Å². The van der Waals surface area contributed by atoms with Gasteiger partial charge >= 0.3 is 18.1 Å². The van der Waals surface area contributed by atoms with E-state index in [-0.39, 0.29) is 0 Å². The van der Waals surface area contributed by atoms with Gasteiger partial charge in [-0.15, -0.1) is 0 Å². The Labute approximate surface area is 96.7 Å². The van der Waals surface area contributed by atoms with Gasteiger partial charge in [0.1, 0.15) is 6.54 Å². The van der Waals surface area contributed by atoms with Crippen molar-refractivity contribution in [3.8, 4) is 0 Å². The third-order valence-electron chi connectivity index (χ3n) is 2.80. The zero-order valence-electron chi connectivity index (χ0n) is 9.42. The maximum Gasteiger partial charge on any atom is 0.471 e. The Bertz CT molecular complexity index is 298. The number of rotatable bonds is 3. The van der Waals surface area contributed by atoms with Crippen molar-refractivity contribution in [2.75, 3.05) is 13.7 Å². The van der Waals surface area contributed by atoms with Gasteiger partial charge in [0.25, 0.3) is 0 Å². The maximum atomic E-state index is 12.4. The molecule has 0 N–H and O–H groups in total. The standard InChI is InChI=1S/C10H14F3NO3/c1-17-8(15)6-14(7-4-2-3-5-7)9(16)10(11,12)13/h7H,2-6H2,1H3. The quantitative estimate of drug-likeness (QED) is 0.716. The number of esters is 1. The van der Waals surface area contributed by atoms with Crippen LogP contribution in [0.1, 0.15) is 25.7 Å². The maximum absolute atomic E-state index is 12.4. The number of methoxy groups -OCH3 is 1. The van der Waals surface area contributed by atoms with E-state index in [0.29, 0.717) is 17.7 Å². The lowest BCUT2D eigenvalue weighted by atomic mass is 10.2. The van der Waals surface area contributed by atoms with Crippen LogP contribution in [0.3, 0.4) is 0 Å². The first kappa shape index (κ1) is 13.8. The van der Waals surface area contributed by atoms with Gasteiger partial charge in [-0.3, -0.25) is 9.59 Å². The average Bonchev–Trinajstić information content (AvgIpc) is 2.76. The smallest absolute Gasteiger partial charge is 0.468 e. The topological polar surface area (TPSA) is 46.6 Å². The number of hydrogen-bond donors (Lipinski definition) is 0. The fraction of sp³-hybridized carbons (Fsp3) is 0.800. The molecular formula is C10H14F3NO3. The molecule has 7 heteroatoms. The first-order chi connectivity index (χ1) is 7.86. The third-order valence-corrected chi connectivity index (χ3v) is 2.80. The molecular weight excluding hydrogens is 239 g/mol. The fourth-order valence-electron chi connectivity index (χ4n) is 1.95. The van der Waals surface area contributed by atoms with Gasteiger partial charge in [0.2, 0.25) is 0 Å². The minimum absolute atomic E-state index is 0.499. The van der Waals surface area contributed by atoms with E-state index in [1.165, 1.54) is 0 Å². The zero-order valence-corrected chi connectivity index (χ0v) is 9.42. The molecule has 98 valence electrons. The molecule has 0 unspecified atom stereocenters. The summed E-state index contributed by atoms with van der Waals surface area (Å²) in [4.78, 5) is 22.8. The predicted molar refractivity (Wildman–Crippen MR) is 52.0 cm³/mol. The van der Waals surface area contributed by atoms with E-state index in [1.807, 2.05) is 0 Å². The van der Waals surface area contributed by atoms with Gasteiger partial charge in [0, 0.05) is 6.04 Å². The summed E-state index contributed by atoms with van der Waals surface area (Å²) in [7, 11) is 1.08. The Kier molecular flexibility index (Phi) is 4.36. The molecule has 0 saturated heterocycles. The normalized spacial score (nSPS) is 16.9. The van der Waals surface area contributed by atoms with Crippen molar-refractivity contribution in [1.82, 2.24) is 4.90 Å². The van der Waals surface area contributed by atoms with Crippen molar-refractivity contribution in [2.45, 2.75) is 37.9 Å². The third kappa shape index (κ3) is 3.61. The summed E-state index contributed by atoms with van der Waals surface area (Å²) in [6.07, 6.45) is -2.41. The Morgan fingerprint density at radius 2 is 1.82 bits per heavy atom. The zero-order chi connectivity index (χ0) is 13.1. The molecule has 0 atom stereocenters. The molecule has 0 heterocycles. The summed E-state index contributed by atoms with van der Waals surface area (Å²) < 4.78 is 41.4. The molecule has 0 bridgehead atoms. The van der Waals surface area contributed by atoms with Crippen LogP contribution in [-0.4, -0.2) is 42.6 Å². The monoisotopic (exact) mass is 253 g/mol. The van der Waals surface area contributed by atoms with E-state index in [4.69, 9.17) is 0 Å². The Morgan fingerprint density at radius 3 is 2.24 bits per heavy atom. The van der Waals surface area contributed by atoms with E-state index < -0.39 is 30.6 Å². The van der Waals surface area contributed by atoms with Crippen LogP contribution in [0.15, 0.2) is 0 Å². The van der Waals surface area contributed by atoms with Crippen LogP contribution in [-0.2, 0) is 14.3 Å². The van der Waals surface area contributed by atoms with Crippen molar-refractivity contribution in [3.05, 3.63) is 0 Å². The van der Waals surface area contributed by atoms with Crippen molar-refractivity contribution in [1.29, 1.82) is 0 Å². The number of alkyl halides is 3. The van der Waals surface area contributed by atoms with E-state index in [1.54, 1.807) is 0 Å². The van der Waals surface area contributed by atoms with Gasteiger partial charge in [-0.05, 0) is 12.8 Å². The molecule has 0 aromatic heterocycles. The van der Waals surface area contributed by atoms with E-state index in [9.17, 15) is 22.8 Å². The lowest BCUT2D eigenvalue weighted by Crippen LogP contribution is -2.48. The van der Waals surface area contributed by atoms with E-state index >= 15 is 0 Å². The number of carbonyl (C=O) groups is 2. The second kappa shape index (κ2) is 5.37. The van der Waals surface area contributed by atoms with Crippen molar-refractivity contribution >= 4 is 11.9 Å². The molecule has 1 fully saturated rings. The summed E-state index contributed by atoms with van der Waals surface area (Å²) in [5, 5.41) is 0. The molecule has 1 aliphatic rings. The lowest BCUT2D eigenvalue weighted by Gasteiger charge is -2.28. The molecule has 17 heavy (non-hydrogen) atoms. The number of nitrogens with zero attached hydrogens (tertiary/aromatic N) is 1. The van der Waals surface area contributed by atoms with Gasteiger partial charge in [-0.2, -0.15) is 13.2 Å². The predicted octanol–water partition coefficient (Wildman–Crippen LogP) is 1.49. The summed E-state index contributed by atoms with van der Waals surface area (Å²) in [6.45, 7) is -0.639. The highest BCUT2D eigenvalue weighted by atomic mass is 19.4. The van der Waals surface area contributed by atoms with Crippen LogP contribution in [0, 0.1) is 0 Å². The van der Waals surface area contributed by atoms with E-state index in [0.717, 1.165) is 20.0 Å². The molecule has 1 rings (SSSR count). The van der Waals surface area contributed by atoms with Crippen LogP contribution < -0.4 is 0 Å². The summed E-state index contributed by atoms with van der Waals surface area (Å²) >= 11 is 0. The van der Waals surface area contributed by atoms with Gasteiger partial charge in [0.15, 0.2) is 0 Å². The van der Waals surface area contributed by atoms with Gasteiger partial charge in [-0.1, -0.05) is 12.8 Å². The number of halogens is 3. The molecule has 1 amide bonds. The first-order valence-corrected chi connectivity index (χ1v) is 5.31. The second-order valence-corrected chi connectivity index (χ2v) is 3.95. The van der Waals surface area contributed by atoms with Crippen LogP contribution in [0.2, 0.25) is 0 Å². The Morgan fingerprint density at radius 1 is 1.29 bits per heavy atom. The highest BCUT2D eigenvalue weighted by molar-refractivity contribution is 5.86. The van der Waals surface area contributed by atoms with Crippen LogP contribution in [0.4, 0.5) is 13.2 Å². The van der Waals surface area contributed by atoms with Crippen LogP contribution in [0.5, 0.6) is 0 Å². The van der Waals surface area contributed by atoms with Crippen LogP contribution >= 0.6 is 0 Å². The Hall–Kier alpha value is -1.27. The molecule has 0 spiro atoms. The molecule has 0 radical (unpaired) electrons. The minimum Gasteiger partial charge on any atom is -0.468 e. The summed E-state index contributed by atoms with van der Waals surface area (Å²) in [5.41, 5.74) is 0. The van der Waals surface area contributed by atoms with Crippen LogP contribution in [0.25, 0.3) is 0 Å². The van der Waals surface area contributed by atoms with Crippen molar-refractivity contribution in [2.24, 2.45) is 0 Å². The number of carbonyl (C=O) groups excluding carboxylic acids is 2. The number of ether oxygens (including phenoxy) is 1. The fourth-order valence-corrected chi connectivity index (χ4v) is 1.95. The number of hydrogen-bond acceptors (Lipinski definition) is 3. The molecule has 1 aliphatic carbocycles. The minimum atomic E-state index is -4.95. The van der Waals surface area contributed by atoms with Crippen molar-refractivity contribution in [3.63, 3.8) is 0 Å². The molecule has 1 saturated carbocycles. The lowest BCUT2D eigenvalue weighted by molar-refractivity contribution is -0.189. The second-order valence-electron chi connectivity index (χ2n) is 3.95. The van der Waals surface area contributed by atoms with Gasteiger partial charge in [-0.25, -0.2) is 0 Å². The Balaban J connectivity index is 2.78. The highest BCUT2D eigenvalue weighted by Crippen LogP contribution is 2.27. The van der Waals surface area contributed by atoms with E-state index in [2.05, 4.69) is 4.74 Å². The number of amides is 1. The SMILES string of the molecule is COC(=O)CN(C(=O)C(F)(F)F)C1CCCC1. The average molecular weight is 253 g/mol. The highest BCUT2D eigenvalue weighted by Gasteiger charge is 2.45. The summed E-state index contributed by atoms with van der Waals surface area (Å²) in [6, 6.07) is -0.511. The van der Waals surface area contributed by atoms with Crippen molar-refractivity contribution < 1.29 is 27.5 Å². The molecule has 0 aromatic carbocycles. The molecule has 0 aromatic rings. The molecule has 4 nitrogen and oxygen atoms in total. The largest absolute Gasteiger partial charge is 0.471 e. The first-order valence-electron chi connectivity index (χ1n) is 5.31. The summed E-state index contributed by atoms with van der Waals surface area (Å²) in [5.74, 6) is -2.80. The van der Waals surface area contributed by atoms with Gasteiger partial charge in [0.05, 0.1) is 7.11 Å².